The second kappa shape index (κ2) is 10.1. The lowest BCUT2D eigenvalue weighted by molar-refractivity contribution is -0.130. The zero-order valence-electron chi connectivity index (χ0n) is 16.2. The lowest BCUT2D eigenvalue weighted by Gasteiger charge is -2.28. The second-order valence-electron chi connectivity index (χ2n) is 6.37. The first-order chi connectivity index (χ1) is 13.0. The predicted octanol–water partition coefficient (Wildman–Crippen LogP) is 0.997. The Morgan fingerprint density at radius 2 is 2.07 bits per heavy atom. The maximum absolute atomic E-state index is 12.5. The molecular weight excluding hydrogens is 348 g/mol. The number of urea groups is 1. The molecule has 8 heteroatoms. The van der Waals surface area contributed by atoms with Gasteiger partial charge >= 0.3 is 6.03 Å². The zero-order valence-corrected chi connectivity index (χ0v) is 16.2. The lowest BCUT2D eigenvalue weighted by atomic mass is 9.91. The molecule has 0 saturated carbocycles. The molecule has 0 aromatic carbocycles. The average Bonchev–Trinajstić information content (AvgIpc) is 2.67. The first-order valence-electron chi connectivity index (χ1n) is 9.35. The van der Waals surface area contributed by atoms with E-state index in [1.165, 1.54) is 13.2 Å². The number of imide groups is 1. The summed E-state index contributed by atoms with van der Waals surface area (Å²) in [5.74, 6) is -1.19. The molecule has 1 aliphatic heterocycles. The van der Waals surface area contributed by atoms with Crippen molar-refractivity contribution in [2.24, 2.45) is 10.9 Å². The molecule has 0 bridgehead atoms. The van der Waals surface area contributed by atoms with Crippen molar-refractivity contribution < 1.29 is 19.1 Å². The number of fused-ring (bicyclic) bond motifs is 1. The number of amides is 4. The predicted molar refractivity (Wildman–Crippen MR) is 103 cm³/mol. The van der Waals surface area contributed by atoms with Gasteiger partial charge in [0.05, 0.1) is 24.8 Å². The van der Waals surface area contributed by atoms with Crippen LogP contribution in [0.2, 0.25) is 0 Å². The Balaban J connectivity index is 1.95. The van der Waals surface area contributed by atoms with Gasteiger partial charge in [0.15, 0.2) is 0 Å². The van der Waals surface area contributed by atoms with Crippen LogP contribution in [0.5, 0.6) is 0 Å². The Hall–Kier alpha value is -2.32. The van der Waals surface area contributed by atoms with Crippen molar-refractivity contribution in [1.29, 1.82) is 0 Å². The number of methoxy groups -OCH3 is 1. The SMILES string of the molecule is CCN(CC)CCCNC(=O)C1=CC2=NC(=O)N(CCOC)C(=O)C2C=C1. The van der Waals surface area contributed by atoms with Gasteiger partial charge in [-0.2, -0.15) is 4.99 Å². The van der Waals surface area contributed by atoms with Crippen molar-refractivity contribution in [2.45, 2.75) is 20.3 Å². The molecular formula is C19H28N4O4. The molecule has 0 saturated heterocycles. The van der Waals surface area contributed by atoms with Crippen molar-refractivity contribution in [3.05, 3.63) is 23.8 Å². The van der Waals surface area contributed by atoms with Crippen LogP contribution < -0.4 is 5.32 Å². The fraction of sp³-hybridized carbons (Fsp3) is 0.579. The van der Waals surface area contributed by atoms with E-state index in [4.69, 9.17) is 4.74 Å². The third-order valence-corrected chi connectivity index (χ3v) is 4.69. The van der Waals surface area contributed by atoms with E-state index >= 15 is 0 Å². The van der Waals surface area contributed by atoms with Gasteiger partial charge in [-0.1, -0.05) is 26.0 Å². The lowest BCUT2D eigenvalue weighted by Crippen LogP contribution is -2.47. The van der Waals surface area contributed by atoms with Gasteiger partial charge in [-0.25, -0.2) is 4.79 Å². The highest BCUT2D eigenvalue weighted by molar-refractivity contribution is 6.23. The summed E-state index contributed by atoms with van der Waals surface area (Å²) >= 11 is 0. The largest absolute Gasteiger partial charge is 0.383 e. The van der Waals surface area contributed by atoms with Crippen LogP contribution in [0.3, 0.4) is 0 Å². The maximum Gasteiger partial charge on any atom is 0.350 e. The van der Waals surface area contributed by atoms with Gasteiger partial charge in [0.25, 0.3) is 5.91 Å². The van der Waals surface area contributed by atoms with E-state index in [2.05, 4.69) is 29.1 Å². The van der Waals surface area contributed by atoms with Crippen molar-refractivity contribution in [2.75, 3.05) is 46.4 Å². The minimum atomic E-state index is -0.626. The fourth-order valence-corrected chi connectivity index (χ4v) is 3.02. The van der Waals surface area contributed by atoms with E-state index in [9.17, 15) is 14.4 Å². The Kier molecular flexibility index (Phi) is 7.87. The summed E-state index contributed by atoms with van der Waals surface area (Å²) in [6.07, 6.45) is 5.62. The molecule has 2 aliphatic rings. The van der Waals surface area contributed by atoms with E-state index in [-0.39, 0.29) is 25.0 Å². The molecule has 1 unspecified atom stereocenters. The van der Waals surface area contributed by atoms with Gasteiger partial charge in [0.2, 0.25) is 5.91 Å². The van der Waals surface area contributed by atoms with Crippen LogP contribution in [-0.4, -0.2) is 79.8 Å². The smallest absolute Gasteiger partial charge is 0.350 e. The number of rotatable bonds is 10. The minimum absolute atomic E-state index is 0.166. The first-order valence-corrected chi connectivity index (χ1v) is 9.35. The van der Waals surface area contributed by atoms with Crippen LogP contribution in [0.4, 0.5) is 4.79 Å². The number of hydrogen-bond acceptors (Lipinski definition) is 5. The summed E-state index contributed by atoms with van der Waals surface area (Å²) in [5, 5.41) is 2.87. The van der Waals surface area contributed by atoms with Crippen LogP contribution >= 0.6 is 0 Å². The summed E-state index contributed by atoms with van der Waals surface area (Å²) in [5.41, 5.74) is 0.716. The number of hydrogen-bond donors (Lipinski definition) is 1. The van der Waals surface area contributed by atoms with Crippen LogP contribution in [0.15, 0.2) is 28.8 Å². The molecule has 1 N–H and O–H groups in total. The van der Waals surface area contributed by atoms with Gasteiger partial charge in [-0.15, -0.1) is 0 Å². The Labute approximate surface area is 159 Å². The van der Waals surface area contributed by atoms with Crippen molar-refractivity contribution in [3.63, 3.8) is 0 Å². The van der Waals surface area contributed by atoms with Gasteiger partial charge in [-0.3, -0.25) is 14.5 Å². The van der Waals surface area contributed by atoms with E-state index in [0.717, 1.165) is 31.0 Å². The average molecular weight is 376 g/mol. The molecule has 2 rings (SSSR count). The molecule has 27 heavy (non-hydrogen) atoms. The molecule has 1 heterocycles. The third-order valence-electron chi connectivity index (χ3n) is 4.69. The van der Waals surface area contributed by atoms with Crippen molar-refractivity contribution in [3.8, 4) is 0 Å². The highest BCUT2D eigenvalue weighted by Gasteiger charge is 2.36. The van der Waals surface area contributed by atoms with Crippen LogP contribution in [0, 0.1) is 5.92 Å². The van der Waals surface area contributed by atoms with E-state index in [1.807, 2.05) is 0 Å². The number of ether oxygens (including phenoxy) is 1. The quantitative estimate of drug-likeness (QED) is 0.574. The molecule has 1 aliphatic carbocycles. The maximum atomic E-state index is 12.5. The second-order valence-corrected chi connectivity index (χ2v) is 6.37. The van der Waals surface area contributed by atoms with Gasteiger partial charge < -0.3 is 15.0 Å². The molecule has 0 fully saturated rings. The molecule has 0 aromatic heterocycles. The summed E-state index contributed by atoms with van der Waals surface area (Å²) < 4.78 is 4.92. The molecule has 8 nitrogen and oxygen atoms in total. The number of nitrogens with one attached hydrogen (secondary N) is 1. The summed E-state index contributed by atoms with van der Waals surface area (Å²) in [6.45, 7) is 8.12. The summed E-state index contributed by atoms with van der Waals surface area (Å²) in [6, 6.07) is -0.617. The molecule has 148 valence electrons. The number of carbonyl (C=O) groups excluding carboxylic acids is 3. The number of carbonyl (C=O) groups is 3. The first kappa shape index (κ1) is 21.0. The monoisotopic (exact) mass is 376 g/mol. The van der Waals surface area contributed by atoms with Crippen LogP contribution in [0.25, 0.3) is 0 Å². The number of nitrogens with zero attached hydrogens (tertiary/aromatic N) is 3. The van der Waals surface area contributed by atoms with Gasteiger partial charge in [0, 0.05) is 19.2 Å². The third kappa shape index (κ3) is 5.33. The molecule has 1 atom stereocenters. The number of allylic oxidation sites excluding steroid dienone is 1. The minimum Gasteiger partial charge on any atom is -0.383 e. The molecule has 0 radical (unpaired) electrons. The van der Waals surface area contributed by atoms with E-state index in [1.54, 1.807) is 12.2 Å². The molecule has 4 amide bonds. The standard InChI is InChI=1S/C19H28N4O4/c1-4-22(5-2)10-6-9-20-17(24)14-7-8-15-16(13-14)21-19(26)23(18(15)25)11-12-27-3/h7-8,13,15H,4-6,9-12H2,1-3H3,(H,20,24). The summed E-state index contributed by atoms with van der Waals surface area (Å²) in [7, 11) is 1.50. The van der Waals surface area contributed by atoms with Crippen molar-refractivity contribution in [1.82, 2.24) is 15.1 Å². The fourth-order valence-electron chi connectivity index (χ4n) is 3.02. The Morgan fingerprint density at radius 3 is 2.74 bits per heavy atom. The Bertz CT molecular complexity index is 665. The van der Waals surface area contributed by atoms with Gasteiger partial charge in [-0.05, 0) is 32.1 Å². The van der Waals surface area contributed by atoms with E-state index < -0.39 is 11.9 Å². The van der Waals surface area contributed by atoms with Crippen molar-refractivity contribution >= 4 is 23.6 Å². The normalized spacial score (nSPS) is 19.1. The Morgan fingerprint density at radius 1 is 1.33 bits per heavy atom. The molecule has 0 spiro atoms. The zero-order chi connectivity index (χ0) is 19.8. The van der Waals surface area contributed by atoms with Gasteiger partial charge in [0.1, 0.15) is 0 Å². The topological polar surface area (TPSA) is 91.3 Å². The number of aliphatic imine (C=N–C) groups is 1. The van der Waals surface area contributed by atoms with E-state index in [0.29, 0.717) is 17.8 Å². The highest BCUT2D eigenvalue weighted by atomic mass is 16.5. The summed E-state index contributed by atoms with van der Waals surface area (Å²) in [4.78, 5) is 44.2. The van der Waals surface area contributed by atoms with Crippen LogP contribution in [-0.2, 0) is 14.3 Å². The van der Waals surface area contributed by atoms with Crippen LogP contribution in [0.1, 0.15) is 20.3 Å². The molecule has 0 aromatic rings. The highest BCUT2D eigenvalue weighted by Crippen LogP contribution is 2.22.